The van der Waals surface area contributed by atoms with Crippen LogP contribution in [0.5, 0.6) is 0 Å². The molecule has 1 aliphatic rings. The zero-order valence-corrected chi connectivity index (χ0v) is 20.8. The van der Waals surface area contributed by atoms with Crippen LogP contribution in [0.15, 0.2) is 46.9 Å². The van der Waals surface area contributed by atoms with E-state index in [9.17, 15) is 0 Å². The van der Waals surface area contributed by atoms with E-state index in [0.717, 1.165) is 30.4 Å². The molecule has 1 fully saturated rings. The largest absolute Gasteiger partial charge is 0.357 e. The van der Waals surface area contributed by atoms with Gasteiger partial charge in [-0.3, -0.25) is 4.90 Å². The molecule has 0 amide bonds. The third-order valence-corrected chi connectivity index (χ3v) is 6.38. The average Bonchev–Trinajstić information content (AvgIpc) is 3.48. The van der Waals surface area contributed by atoms with E-state index in [-0.39, 0.29) is 24.0 Å². The summed E-state index contributed by atoms with van der Waals surface area (Å²) in [6.07, 6.45) is 4.67. The van der Waals surface area contributed by atoms with Crippen LogP contribution in [0.25, 0.3) is 5.65 Å². The second-order valence-corrected chi connectivity index (χ2v) is 8.46. The van der Waals surface area contributed by atoms with Gasteiger partial charge in [-0.25, -0.2) is 9.98 Å². The number of rotatable bonds is 7. The lowest BCUT2D eigenvalue weighted by Gasteiger charge is -2.27. The molecular formula is C22H31IN6S. The van der Waals surface area contributed by atoms with Crippen molar-refractivity contribution in [3.05, 3.63) is 58.2 Å². The predicted molar refractivity (Wildman–Crippen MR) is 136 cm³/mol. The van der Waals surface area contributed by atoms with Crippen molar-refractivity contribution in [3.8, 4) is 0 Å². The van der Waals surface area contributed by atoms with E-state index in [4.69, 9.17) is 9.98 Å². The zero-order chi connectivity index (χ0) is 20.1. The third kappa shape index (κ3) is 5.53. The fourth-order valence-corrected chi connectivity index (χ4v) is 4.77. The number of pyridine rings is 1. The summed E-state index contributed by atoms with van der Waals surface area (Å²) < 4.78 is 2.12. The second kappa shape index (κ2) is 11.1. The molecule has 6 nitrogen and oxygen atoms in total. The van der Waals surface area contributed by atoms with Crippen molar-refractivity contribution in [2.75, 3.05) is 26.2 Å². The molecule has 0 radical (unpaired) electrons. The van der Waals surface area contributed by atoms with E-state index >= 15 is 0 Å². The highest BCUT2D eigenvalue weighted by Gasteiger charge is 2.24. The Labute approximate surface area is 199 Å². The van der Waals surface area contributed by atoms with Crippen LogP contribution >= 0.6 is 35.3 Å². The summed E-state index contributed by atoms with van der Waals surface area (Å²) in [7, 11) is 0. The van der Waals surface area contributed by atoms with Gasteiger partial charge in [-0.05, 0) is 63.4 Å². The molecule has 1 aliphatic heterocycles. The molecule has 4 heterocycles. The molecule has 0 aliphatic carbocycles. The molecule has 1 unspecified atom stereocenters. The first kappa shape index (κ1) is 23.0. The number of nitrogens with zero attached hydrogens (tertiary/aromatic N) is 4. The molecule has 1 atom stereocenters. The number of hydrogen-bond donors (Lipinski definition) is 2. The van der Waals surface area contributed by atoms with Crippen LogP contribution in [0.3, 0.4) is 0 Å². The Bertz CT molecular complexity index is 946. The third-order valence-electron chi connectivity index (χ3n) is 5.41. The van der Waals surface area contributed by atoms with Gasteiger partial charge in [0.1, 0.15) is 5.65 Å². The van der Waals surface area contributed by atoms with Crippen LogP contribution in [0.4, 0.5) is 0 Å². The lowest BCUT2D eigenvalue weighted by Crippen LogP contribution is -2.42. The highest BCUT2D eigenvalue weighted by molar-refractivity contribution is 14.0. The minimum absolute atomic E-state index is 0. The van der Waals surface area contributed by atoms with E-state index in [1.807, 2.05) is 23.5 Å². The summed E-state index contributed by atoms with van der Waals surface area (Å²) in [5.74, 6) is 0.849. The summed E-state index contributed by atoms with van der Waals surface area (Å²) in [5.41, 5.74) is 3.13. The molecule has 3 aromatic rings. The van der Waals surface area contributed by atoms with Crippen LogP contribution < -0.4 is 10.6 Å². The average molecular weight is 539 g/mol. The smallest absolute Gasteiger partial charge is 0.191 e. The number of nitrogens with one attached hydrogen (secondary N) is 2. The zero-order valence-electron chi connectivity index (χ0n) is 17.7. The van der Waals surface area contributed by atoms with Gasteiger partial charge in [-0.15, -0.1) is 35.3 Å². The predicted octanol–water partition coefficient (Wildman–Crippen LogP) is 4.21. The number of guanidine groups is 1. The first-order chi connectivity index (χ1) is 14.2. The quantitative estimate of drug-likeness (QED) is 0.269. The first-order valence-electron chi connectivity index (χ1n) is 10.5. The number of aliphatic imine (C=N–C) groups is 1. The van der Waals surface area contributed by atoms with Crippen molar-refractivity contribution in [3.63, 3.8) is 0 Å². The molecule has 162 valence electrons. The molecule has 0 saturated carbocycles. The number of aromatic nitrogens is 2. The topological polar surface area (TPSA) is 57.0 Å². The Morgan fingerprint density at radius 1 is 1.20 bits per heavy atom. The fraction of sp³-hybridized carbons (Fsp3) is 0.455. The van der Waals surface area contributed by atoms with Gasteiger partial charge in [0.05, 0.1) is 18.3 Å². The van der Waals surface area contributed by atoms with Gasteiger partial charge in [0, 0.05) is 29.9 Å². The number of imidazole rings is 1. The lowest BCUT2D eigenvalue weighted by molar-refractivity contribution is 0.249. The van der Waals surface area contributed by atoms with E-state index in [1.54, 1.807) is 0 Å². The van der Waals surface area contributed by atoms with Crippen LogP contribution in [-0.2, 0) is 6.54 Å². The van der Waals surface area contributed by atoms with Gasteiger partial charge in [-0.2, -0.15) is 0 Å². The summed E-state index contributed by atoms with van der Waals surface area (Å²) in [5, 5.41) is 9.12. The maximum atomic E-state index is 4.79. The number of fused-ring (bicyclic) bond motifs is 1. The summed E-state index contributed by atoms with van der Waals surface area (Å²) in [6.45, 7) is 8.81. The number of hydrogen-bond acceptors (Lipinski definition) is 4. The van der Waals surface area contributed by atoms with Crippen molar-refractivity contribution in [1.29, 1.82) is 0 Å². The molecule has 8 heteroatoms. The molecule has 3 aromatic heterocycles. The minimum atomic E-state index is 0. The van der Waals surface area contributed by atoms with Gasteiger partial charge in [0.2, 0.25) is 0 Å². The molecule has 4 rings (SSSR count). The molecular weight excluding hydrogens is 507 g/mol. The van der Waals surface area contributed by atoms with Crippen molar-refractivity contribution in [2.45, 2.75) is 39.3 Å². The molecule has 2 N–H and O–H groups in total. The summed E-state index contributed by atoms with van der Waals surface area (Å²) >= 11 is 1.84. The van der Waals surface area contributed by atoms with Crippen molar-refractivity contribution in [1.82, 2.24) is 24.9 Å². The summed E-state index contributed by atoms with van der Waals surface area (Å²) in [4.78, 5) is 13.5. The van der Waals surface area contributed by atoms with E-state index in [1.165, 1.54) is 36.5 Å². The van der Waals surface area contributed by atoms with E-state index < -0.39 is 0 Å². The Hall–Kier alpha value is -1.65. The van der Waals surface area contributed by atoms with Crippen LogP contribution in [0.2, 0.25) is 0 Å². The van der Waals surface area contributed by atoms with Gasteiger partial charge in [0.15, 0.2) is 5.96 Å². The van der Waals surface area contributed by atoms with Crippen molar-refractivity contribution in [2.24, 2.45) is 4.99 Å². The Morgan fingerprint density at radius 2 is 2.03 bits per heavy atom. The molecule has 0 aromatic carbocycles. The van der Waals surface area contributed by atoms with Crippen LogP contribution in [-0.4, -0.2) is 46.4 Å². The van der Waals surface area contributed by atoms with Gasteiger partial charge in [0.25, 0.3) is 0 Å². The number of aryl methyl sites for hydroxylation is 1. The Morgan fingerprint density at radius 3 is 2.73 bits per heavy atom. The standard InChI is InChI=1S/C22H30N6S.HI/c1-3-23-22(24-14-18-16-28-17(2)8-6-10-21(28)26-18)25-15-19(20-9-7-13-29-20)27-11-4-5-12-27;/h6-10,13,16,19H,3-5,11-12,14-15H2,1-2H3,(H2,23,24,25);1H. The van der Waals surface area contributed by atoms with E-state index in [2.05, 4.69) is 63.6 Å². The monoisotopic (exact) mass is 538 g/mol. The highest BCUT2D eigenvalue weighted by Crippen LogP contribution is 2.27. The maximum absolute atomic E-state index is 4.79. The highest BCUT2D eigenvalue weighted by atomic mass is 127. The number of halogens is 1. The Kier molecular flexibility index (Phi) is 8.52. The van der Waals surface area contributed by atoms with Gasteiger partial charge >= 0.3 is 0 Å². The van der Waals surface area contributed by atoms with Gasteiger partial charge in [-0.1, -0.05) is 12.1 Å². The fourth-order valence-electron chi connectivity index (χ4n) is 3.91. The van der Waals surface area contributed by atoms with Crippen LogP contribution in [0, 0.1) is 6.92 Å². The molecule has 30 heavy (non-hydrogen) atoms. The van der Waals surface area contributed by atoms with Crippen LogP contribution in [0.1, 0.15) is 42.1 Å². The second-order valence-electron chi connectivity index (χ2n) is 7.48. The first-order valence-corrected chi connectivity index (χ1v) is 11.4. The maximum Gasteiger partial charge on any atom is 0.191 e. The van der Waals surface area contributed by atoms with Crippen molar-refractivity contribution >= 4 is 46.9 Å². The molecule has 0 spiro atoms. The SMILES string of the molecule is CCNC(=NCc1cn2c(C)cccc2n1)NCC(c1cccs1)N1CCCC1.I. The minimum Gasteiger partial charge on any atom is -0.357 e. The number of thiophene rings is 1. The number of likely N-dealkylation sites (tertiary alicyclic amines) is 1. The van der Waals surface area contributed by atoms with Crippen molar-refractivity contribution < 1.29 is 0 Å². The molecule has 0 bridgehead atoms. The normalized spacial score (nSPS) is 15.9. The van der Waals surface area contributed by atoms with E-state index in [0.29, 0.717) is 12.6 Å². The Balaban J connectivity index is 0.00000256. The summed E-state index contributed by atoms with van der Waals surface area (Å²) in [6, 6.07) is 11.0. The lowest BCUT2D eigenvalue weighted by atomic mass is 10.2. The molecule has 1 saturated heterocycles. The van der Waals surface area contributed by atoms with Gasteiger partial charge < -0.3 is 15.0 Å².